The van der Waals surface area contributed by atoms with Crippen LogP contribution in [0, 0.1) is 5.82 Å². The molecule has 3 rings (SSSR count). The summed E-state index contributed by atoms with van der Waals surface area (Å²) in [6.45, 7) is 0. The van der Waals surface area contributed by atoms with Crippen LogP contribution < -0.4 is 0 Å². The highest BCUT2D eigenvalue weighted by atomic mass is 32.2. The molecule has 3 heteroatoms. The molecular weight excluding hydrogens is 257 g/mol. The molecular formula is C16H12FNS. The van der Waals surface area contributed by atoms with Gasteiger partial charge in [0, 0.05) is 11.1 Å². The molecule has 0 atom stereocenters. The monoisotopic (exact) mass is 269 g/mol. The van der Waals surface area contributed by atoms with Gasteiger partial charge in [-0.2, -0.15) is 0 Å². The predicted octanol–water partition coefficient (Wildman–Crippen LogP) is 4.67. The van der Waals surface area contributed by atoms with Crippen molar-refractivity contribution >= 4 is 22.7 Å². The summed E-state index contributed by atoms with van der Waals surface area (Å²) in [5.41, 5.74) is 2.10. The van der Waals surface area contributed by atoms with Crippen molar-refractivity contribution in [1.82, 2.24) is 4.98 Å². The smallest absolute Gasteiger partial charge is 0.123 e. The summed E-state index contributed by atoms with van der Waals surface area (Å²) in [4.78, 5) is 4.60. The molecule has 0 aliphatic rings. The summed E-state index contributed by atoms with van der Waals surface area (Å²) >= 11 is 1.66. The van der Waals surface area contributed by atoms with E-state index in [2.05, 4.69) is 17.1 Å². The van der Waals surface area contributed by atoms with Gasteiger partial charge >= 0.3 is 0 Å². The number of hydrogen-bond donors (Lipinski definition) is 0. The van der Waals surface area contributed by atoms with Gasteiger partial charge in [0.1, 0.15) is 5.82 Å². The summed E-state index contributed by atoms with van der Waals surface area (Å²) in [6, 6.07) is 18.8. The fraction of sp³-hybridized carbons (Fsp3) is 0.0625. The fourth-order valence-electron chi connectivity index (χ4n) is 1.87. The first-order chi connectivity index (χ1) is 9.31. The quantitative estimate of drug-likeness (QED) is 0.641. The average molecular weight is 269 g/mol. The van der Waals surface area contributed by atoms with Crippen LogP contribution in [0.15, 0.2) is 65.7 Å². The van der Waals surface area contributed by atoms with Crippen LogP contribution in [0.4, 0.5) is 4.39 Å². The summed E-state index contributed by atoms with van der Waals surface area (Å²) in [5, 5.41) is 2.14. The first-order valence-corrected chi connectivity index (χ1v) is 7.03. The molecule has 0 spiro atoms. The lowest BCUT2D eigenvalue weighted by molar-refractivity contribution is 0.627. The minimum atomic E-state index is -0.197. The SMILES string of the molecule is Fc1ccc(CSc2ccc3ccccc3n2)cc1. The number of aromatic nitrogens is 1. The van der Waals surface area contributed by atoms with Gasteiger partial charge < -0.3 is 0 Å². The molecule has 3 aromatic rings. The number of halogens is 1. The third-order valence-corrected chi connectivity index (χ3v) is 3.87. The molecule has 1 heterocycles. The van der Waals surface area contributed by atoms with Crippen LogP contribution in [0.2, 0.25) is 0 Å². The summed E-state index contributed by atoms with van der Waals surface area (Å²) < 4.78 is 12.8. The lowest BCUT2D eigenvalue weighted by Crippen LogP contribution is -1.85. The number of benzene rings is 2. The van der Waals surface area contributed by atoms with Crippen molar-refractivity contribution in [3.63, 3.8) is 0 Å². The van der Waals surface area contributed by atoms with E-state index in [1.165, 1.54) is 12.1 Å². The number of nitrogens with zero attached hydrogens (tertiary/aromatic N) is 1. The van der Waals surface area contributed by atoms with Crippen LogP contribution in [0.1, 0.15) is 5.56 Å². The lowest BCUT2D eigenvalue weighted by Gasteiger charge is -2.03. The van der Waals surface area contributed by atoms with Crippen LogP contribution in [0.25, 0.3) is 10.9 Å². The Morgan fingerprint density at radius 2 is 1.68 bits per heavy atom. The van der Waals surface area contributed by atoms with Crippen molar-refractivity contribution in [3.8, 4) is 0 Å². The van der Waals surface area contributed by atoms with Gasteiger partial charge in [-0.1, -0.05) is 36.4 Å². The van der Waals surface area contributed by atoms with Crippen molar-refractivity contribution in [2.75, 3.05) is 0 Å². The number of rotatable bonds is 3. The number of para-hydroxylation sites is 1. The van der Waals surface area contributed by atoms with Crippen molar-refractivity contribution < 1.29 is 4.39 Å². The van der Waals surface area contributed by atoms with E-state index < -0.39 is 0 Å². The van der Waals surface area contributed by atoms with Gasteiger partial charge in [0.05, 0.1) is 10.5 Å². The van der Waals surface area contributed by atoms with Crippen molar-refractivity contribution in [1.29, 1.82) is 0 Å². The molecule has 0 radical (unpaired) electrons. The molecule has 0 bridgehead atoms. The Labute approximate surface area is 115 Å². The summed E-state index contributed by atoms with van der Waals surface area (Å²) in [7, 11) is 0. The fourth-order valence-corrected chi connectivity index (χ4v) is 2.70. The second-order valence-electron chi connectivity index (χ2n) is 4.26. The number of hydrogen-bond acceptors (Lipinski definition) is 2. The molecule has 94 valence electrons. The minimum Gasteiger partial charge on any atom is -0.241 e. The highest BCUT2D eigenvalue weighted by molar-refractivity contribution is 7.98. The zero-order valence-electron chi connectivity index (χ0n) is 10.2. The Kier molecular flexibility index (Phi) is 3.47. The maximum absolute atomic E-state index is 12.8. The standard InChI is InChI=1S/C16H12FNS/c17-14-8-5-12(6-9-14)11-19-16-10-7-13-3-1-2-4-15(13)18-16/h1-10H,11H2. The van der Waals surface area contributed by atoms with Crippen LogP contribution in [0.3, 0.4) is 0 Å². The van der Waals surface area contributed by atoms with E-state index in [4.69, 9.17) is 0 Å². The maximum atomic E-state index is 12.8. The number of pyridine rings is 1. The summed E-state index contributed by atoms with van der Waals surface area (Å²) in [5.74, 6) is 0.601. The van der Waals surface area contributed by atoms with Gasteiger partial charge in [0.25, 0.3) is 0 Å². The largest absolute Gasteiger partial charge is 0.241 e. The van der Waals surface area contributed by atoms with E-state index in [9.17, 15) is 4.39 Å². The Morgan fingerprint density at radius 3 is 2.53 bits per heavy atom. The Morgan fingerprint density at radius 1 is 0.895 bits per heavy atom. The number of fused-ring (bicyclic) bond motifs is 1. The Bertz CT molecular complexity index is 694. The summed E-state index contributed by atoms with van der Waals surface area (Å²) in [6.07, 6.45) is 0. The van der Waals surface area contributed by atoms with E-state index in [0.29, 0.717) is 0 Å². The highest BCUT2D eigenvalue weighted by Gasteiger charge is 2.00. The van der Waals surface area contributed by atoms with Gasteiger partial charge in [-0.05, 0) is 29.8 Å². The molecule has 0 saturated heterocycles. The third-order valence-electron chi connectivity index (χ3n) is 2.87. The van der Waals surface area contributed by atoms with Gasteiger partial charge in [0.2, 0.25) is 0 Å². The molecule has 1 nitrogen and oxygen atoms in total. The van der Waals surface area contributed by atoms with Gasteiger partial charge in [-0.25, -0.2) is 9.37 Å². The zero-order valence-corrected chi connectivity index (χ0v) is 11.0. The van der Waals surface area contributed by atoms with Crippen LogP contribution in [-0.2, 0) is 5.75 Å². The molecule has 1 aromatic heterocycles. The van der Waals surface area contributed by atoms with E-state index in [1.807, 2.05) is 36.4 Å². The molecule has 2 aromatic carbocycles. The van der Waals surface area contributed by atoms with E-state index >= 15 is 0 Å². The first-order valence-electron chi connectivity index (χ1n) is 6.04. The molecule has 0 N–H and O–H groups in total. The normalized spacial score (nSPS) is 10.8. The van der Waals surface area contributed by atoms with Crippen molar-refractivity contribution in [3.05, 3.63) is 72.0 Å². The van der Waals surface area contributed by atoms with Crippen LogP contribution in [-0.4, -0.2) is 4.98 Å². The predicted molar refractivity (Wildman–Crippen MR) is 77.7 cm³/mol. The molecule has 0 saturated carbocycles. The molecule has 0 amide bonds. The molecule has 0 fully saturated rings. The second kappa shape index (κ2) is 5.41. The van der Waals surface area contributed by atoms with Gasteiger partial charge in [-0.3, -0.25) is 0 Å². The van der Waals surface area contributed by atoms with Crippen molar-refractivity contribution in [2.24, 2.45) is 0 Å². The topological polar surface area (TPSA) is 12.9 Å². The van der Waals surface area contributed by atoms with Gasteiger partial charge in [0.15, 0.2) is 0 Å². The Hall–Kier alpha value is -1.87. The maximum Gasteiger partial charge on any atom is 0.123 e. The van der Waals surface area contributed by atoms with E-state index in [-0.39, 0.29) is 5.82 Å². The van der Waals surface area contributed by atoms with Gasteiger partial charge in [-0.15, -0.1) is 11.8 Å². The Balaban J connectivity index is 1.76. The zero-order chi connectivity index (χ0) is 13.1. The third kappa shape index (κ3) is 2.93. The molecule has 19 heavy (non-hydrogen) atoms. The second-order valence-corrected chi connectivity index (χ2v) is 5.25. The van der Waals surface area contributed by atoms with E-state index in [0.717, 1.165) is 27.2 Å². The first kappa shape index (κ1) is 12.2. The molecule has 0 unspecified atom stereocenters. The van der Waals surface area contributed by atoms with Crippen molar-refractivity contribution in [2.45, 2.75) is 10.8 Å². The molecule has 0 aliphatic heterocycles. The minimum absolute atomic E-state index is 0.197. The number of thioether (sulfide) groups is 1. The molecule has 0 aliphatic carbocycles. The lowest BCUT2D eigenvalue weighted by atomic mass is 10.2. The highest BCUT2D eigenvalue weighted by Crippen LogP contribution is 2.23. The average Bonchev–Trinajstić information content (AvgIpc) is 2.46. The van der Waals surface area contributed by atoms with Crippen LogP contribution in [0.5, 0.6) is 0 Å². The van der Waals surface area contributed by atoms with E-state index in [1.54, 1.807) is 11.8 Å². The van der Waals surface area contributed by atoms with Crippen LogP contribution >= 0.6 is 11.8 Å².